The molecule has 0 fully saturated rings. The van der Waals surface area contributed by atoms with Crippen molar-refractivity contribution in [1.29, 1.82) is 0 Å². The maximum Gasteiger partial charge on any atom is 0.252 e. The average molecular weight is 954 g/mol. The third-order valence-electron chi connectivity index (χ3n) is 17.8. The molecule has 0 amide bonds. The van der Waals surface area contributed by atoms with Crippen LogP contribution in [0, 0.1) is 6.92 Å². The highest BCUT2D eigenvalue weighted by molar-refractivity contribution is 7.00. The Labute approximate surface area is 437 Å². The first-order chi connectivity index (χ1) is 34.7. The number of nitrogens with zero attached hydrogens (tertiary/aromatic N) is 3. The Kier molecular flexibility index (Phi) is 10.8. The number of benzene rings is 8. The quantitative estimate of drug-likeness (QED) is 0.154. The van der Waals surface area contributed by atoms with E-state index in [1.54, 1.807) is 0 Å². The fraction of sp³-hybridized carbons (Fsp3) is 0.304. The lowest BCUT2D eigenvalue weighted by molar-refractivity contribution is 0.332. The second-order valence-corrected chi connectivity index (χ2v) is 25.6. The summed E-state index contributed by atoms with van der Waals surface area (Å²) in [6, 6.07) is 65.5. The molecule has 3 nitrogen and oxygen atoms in total. The van der Waals surface area contributed by atoms with Gasteiger partial charge in [0.25, 0.3) is 6.71 Å². The van der Waals surface area contributed by atoms with E-state index in [0.717, 1.165) is 36.3 Å². The molecule has 8 aromatic rings. The predicted octanol–water partition coefficient (Wildman–Crippen LogP) is 17.2. The van der Waals surface area contributed by atoms with Gasteiger partial charge in [0.2, 0.25) is 0 Å². The topological polar surface area (TPSA) is 9.72 Å². The van der Waals surface area contributed by atoms with Crippen molar-refractivity contribution in [3.05, 3.63) is 203 Å². The van der Waals surface area contributed by atoms with Crippen LogP contribution in [0.4, 0.5) is 51.2 Å². The molecule has 0 bridgehead atoms. The van der Waals surface area contributed by atoms with E-state index in [0.29, 0.717) is 0 Å². The number of hydrogen-bond acceptors (Lipinski definition) is 3. The number of aryl methyl sites for hydroxylation is 1. The fourth-order valence-corrected chi connectivity index (χ4v) is 13.1. The average Bonchev–Trinajstić information content (AvgIpc) is 3.37. The van der Waals surface area contributed by atoms with E-state index in [2.05, 4.69) is 268 Å². The van der Waals surface area contributed by atoms with Crippen LogP contribution >= 0.6 is 0 Å². The summed E-state index contributed by atoms with van der Waals surface area (Å²) in [7, 11) is 0. The molecule has 0 spiro atoms. The molecule has 0 radical (unpaired) electrons. The molecular formula is C69H72BN3. The zero-order valence-electron chi connectivity index (χ0n) is 45.4. The molecule has 2 aliphatic carbocycles. The first kappa shape index (κ1) is 47.2. The van der Waals surface area contributed by atoms with Gasteiger partial charge >= 0.3 is 0 Å². The van der Waals surface area contributed by atoms with Crippen molar-refractivity contribution < 1.29 is 0 Å². The lowest BCUT2D eigenvalue weighted by Crippen LogP contribution is -2.62. The molecule has 8 aromatic carbocycles. The summed E-state index contributed by atoms with van der Waals surface area (Å²) >= 11 is 0. The Morgan fingerprint density at radius 2 is 0.932 bits per heavy atom. The fourth-order valence-electron chi connectivity index (χ4n) is 13.1. The van der Waals surface area contributed by atoms with Gasteiger partial charge in [0.05, 0.1) is 5.69 Å². The molecule has 0 unspecified atom stereocenters. The molecule has 0 aromatic heterocycles. The molecular weight excluding hydrogens is 882 g/mol. The molecule has 0 atom stereocenters. The van der Waals surface area contributed by atoms with Crippen LogP contribution in [0.5, 0.6) is 0 Å². The zero-order valence-corrected chi connectivity index (χ0v) is 45.4. The maximum absolute atomic E-state index is 2.71. The SMILES string of the molecule is Cc1ccc(C(C)(C)C)cc1N1c2cc(-c3ccccc3)ccc2B2c3cc4c(cc3N(c3ccc5c(c3)C(C)(C)CCC5(C)C)c3cc(N(c5ccccc5)c5ccccc5)cc1c32)C(C)(C)CCC4(C)C. The first-order valence-corrected chi connectivity index (χ1v) is 27.0. The summed E-state index contributed by atoms with van der Waals surface area (Å²) < 4.78 is 0. The van der Waals surface area contributed by atoms with Crippen molar-refractivity contribution in [2.45, 2.75) is 136 Å². The number of fused-ring (bicyclic) bond motifs is 6. The Bertz CT molecular complexity index is 3430. The highest BCUT2D eigenvalue weighted by Crippen LogP contribution is 2.54. The van der Waals surface area contributed by atoms with Crippen LogP contribution in [-0.2, 0) is 27.1 Å². The summed E-state index contributed by atoms with van der Waals surface area (Å²) in [5.74, 6) is 0. The van der Waals surface area contributed by atoms with Crippen LogP contribution in [0.3, 0.4) is 0 Å². The van der Waals surface area contributed by atoms with E-state index in [4.69, 9.17) is 0 Å². The van der Waals surface area contributed by atoms with Crippen LogP contribution in [-0.4, -0.2) is 6.71 Å². The van der Waals surface area contributed by atoms with Gasteiger partial charge < -0.3 is 14.7 Å². The van der Waals surface area contributed by atoms with E-state index in [1.165, 1.54) is 101 Å². The summed E-state index contributed by atoms with van der Waals surface area (Å²) in [4.78, 5) is 7.84. The Morgan fingerprint density at radius 1 is 0.411 bits per heavy atom. The second-order valence-electron chi connectivity index (χ2n) is 25.6. The van der Waals surface area contributed by atoms with Gasteiger partial charge in [-0.3, -0.25) is 0 Å². The standard InChI is InChI=1S/C69H72BN3/c1-45-28-30-48(65(2,3)4)39-59(45)73-60-38-47(46-22-16-13-17-23-46)29-33-57(60)70-58-43-55-56(69(11,12)37-36-68(55,9)10)44-61(58)72(51-31-32-53-54(40-51)67(7,8)35-34-66(53,5)6)62-41-52(42-63(73)64(62)70)71(49-24-18-14-19-25-49)50-26-20-15-21-27-50/h13-33,38-44H,34-37H2,1-12H3. The van der Waals surface area contributed by atoms with Gasteiger partial charge in [-0.05, 0) is 187 Å². The van der Waals surface area contributed by atoms with Gasteiger partial charge in [-0.1, -0.05) is 179 Å². The largest absolute Gasteiger partial charge is 0.311 e. The minimum absolute atomic E-state index is 0.0135. The normalized spacial score (nSPS) is 17.5. The molecule has 12 rings (SSSR count). The summed E-state index contributed by atoms with van der Waals surface area (Å²) in [5.41, 5.74) is 25.9. The Balaban J connectivity index is 1.26. The monoisotopic (exact) mass is 954 g/mol. The maximum atomic E-state index is 2.71. The van der Waals surface area contributed by atoms with Crippen LogP contribution < -0.4 is 31.1 Å². The first-order valence-electron chi connectivity index (χ1n) is 27.0. The van der Waals surface area contributed by atoms with E-state index < -0.39 is 0 Å². The van der Waals surface area contributed by atoms with Gasteiger partial charge in [-0.2, -0.15) is 0 Å². The molecule has 366 valence electrons. The summed E-state index contributed by atoms with van der Waals surface area (Å²) in [6.07, 6.45) is 4.64. The molecule has 2 heterocycles. The van der Waals surface area contributed by atoms with Gasteiger partial charge in [0.1, 0.15) is 0 Å². The zero-order chi connectivity index (χ0) is 51.0. The molecule has 0 saturated heterocycles. The third kappa shape index (κ3) is 7.68. The van der Waals surface area contributed by atoms with Crippen molar-refractivity contribution in [1.82, 2.24) is 0 Å². The summed E-state index contributed by atoms with van der Waals surface area (Å²) in [5, 5.41) is 0. The second kappa shape index (κ2) is 16.6. The van der Waals surface area contributed by atoms with E-state index in [1.807, 2.05) is 0 Å². The van der Waals surface area contributed by atoms with Crippen LogP contribution in [0.25, 0.3) is 11.1 Å². The Hall–Kier alpha value is -6.78. The van der Waals surface area contributed by atoms with Crippen LogP contribution in [0.15, 0.2) is 170 Å². The predicted molar refractivity (Wildman–Crippen MR) is 315 cm³/mol. The van der Waals surface area contributed by atoms with E-state index >= 15 is 0 Å². The Morgan fingerprint density at radius 3 is 1.52 bits per heavy atom. The lowest BCUT2D eigenvalue weighted by Gasteiger charge is -2.48. The summed E-state index contributed by atoms with van der Waals surface area (Å²) in [6.45, 7) is 29.1. The molecule has 0 N–H and O–H groups in total. The minimum atomic E-state index is -0.0572. The highest BCUT2D eigenvalue weighted by Gasteiger charge is 2.48. The van der Waals surface area contributed by atoms with Crippen molar-refractivity contribution in [3.8, 4) is 11.1 Å². The minimum Gasteiger partial charge on any atom is -0.311 e. The number of hydrogen-bond donors (Lipinski definition) is 0. The smallest absolute Gasteiger partial charge is 0.252 e. The number of anilines is 9. The number of rotatable bonds is 6. The molecule has 0 saturated carbocycles. The van der Waals surface area contributed by atoms with E-state index in [-0.39, 0.29) is 33.8 Å². The highest BCUT2D eigenvalue weighted by atomic mass is 15.2. The molecule has 2 aliphatic heterocycles. The molecule has 73 heavy (non-hydrogen) atoms. The van der Waals surface area contributed by atoms with Crippen molar-refractivity contribution in [2.24, 2.45) is 0 Å². The number of para-hydroxylation sites is 2. The third-order valence-corrected chi connectivity index (χ3v) is 17.8. The molecule has 4 aliphatic rings. The van der Waals surface area contributed by atoms with Crippen molar-refractivity contribution in [2.75, 3.05) is 14.7 Å². The van der Waals surface area contributed by atoms with Crippen LogP contribution in [0.1, 0.15) is 135 Å². The van der Waals surface area contributed by atoms with E-state index in [9.17, 15) is 0 Å². The molecule has 4 heteroatoms. The van der Waals surface area contributed by atoms with Gasteiger partial charge in [-0.25, -0.2) is 0 Å². The van der Waals surface area contributed by atoms with Gasteiger partial charge in [0, 0.05) is 45.5 Å². The van der Waals surface area contributed by atoms with Gasteiger partial charge in [-0.15, -0.1) is 0 Å². The van der Waals surface area contributed by atoms with Crippen LogP contribution in [0.2, 0.25) is 0 Å². The van der Waals surface area contributed by atoms with Gasteiger partial charge in [0.15, 0.2) is 0 Å². The van der Waals surface area contributed by atoms with Crippen molar-refractivity contribution in [3.63, 3.8) is 0 Å². The lowest BCUT2D eigenvalue weighted by atomic mass is 9.33. The van der Waals surface area contributed by atoms with Crippen molar-refractivity contribution >= 4 is 74.3 Å².